The van der Waals surface area contributed by atoms with Crippen molar-refractivity contribution in [3.8, 4) is 5.88 Å². The SMILES string of the molecule is Cc1cn2c(Cc3ccccc3)c(Cc3ccccc3)c(C(=O)C(N)=O)c2c(OCC(=O)O)n1. The molecular weight excluding hydrogens is 434 g/mol. The monoisotopic (exact) mass is 457 g/mol. The smallest absolute Gasteiger partial charge is 0.341 e. The molecule has 3 N–H and O–H groups in total. The second kappa shape index (κ2) is 9.58. The van der Waals surface area contributed by atoms with Gasteiger partial charge in [0.2, 0.25) is 5.88 Å². The Labute approximate surface area is 195 Å². The lowest BCUT2D eigenvalue weighted by Crippen LogP contribution is -2.24. The molecule has 2 heterocycles. The highest BCUT2D eigenvalue weighted by atomic mass is 16.5. The number of carbonyl (C=O) groups excluding carboxylic acids is 2. The van der Waals surface area contributed by atoms with Crippen LogP contribution < -0.4 is 10.5 Å². The average Bonchev–Trinajstić information content (AvgIpc) is 3.10. The molecule has 172 valence electrons. The van der Waals surface area contributed by atoms with Crippen molar-refractivity contribution in [2.75, 3.05) is 6.61 Å². The molecule has 4 aromatic rings. The van der Waals surface area contributed by atoms with Gasteiger partial charge in [0.1, 0.15) is 5.52 Å². The molecule has 4 rings (SSSR count). The second-order valence-electron chi connectivity index (χ2n) is 7.91. The van der Waals surface area contributed by atoms with Crippen molar-refractivity contribution in [1.82, 2.24) is 9.38 Å². The van der Waals surface area contributed by atoms with E-state index in [1.165, 1.54) is 0 Å². The number of primary amides is 1. The molecule has 0 aliphatic rings. The number of Topliss-reactive ketones (excluding diaryl/α,β-unsaturated/α-hetero) is 1. The van der Waals surface area contributed by atoms with E-state index >= 15 is 0 Å². The lowest BCUT2D eigenvalue weighted by molar-refractivity contribution is -0.139. The van der Waals surface area contributed by atoms with Gasteiger partial charge in [0.15, 0.2) is 6.61 Å². The third-order valence-electron chi connectivity index (χ3n) is 5.44. The number of carbonyl (C=O) groups is 3. The zero-order valence-electron chi connectivity index (χ0n) is 18.5. The summed E-state index contributed by atoms with van der Waals surface area (Å²) in [4.78, 5) is 40.7. The number of benzene rings is 2. The number of aromatic nitrogens is 2. The van der Waals surface area contributed by atoms with Crippen LogP contribution in [0.25, 0.3) is 5.52 Å². The quantitative estimate of drug-likeness (QED) is 0.294. The van der Waals surface area contributed by atoms with Gasteiger partial charge in [0, 0.05) is 24.7 Å². The van der Waals surface area contributed by atoms with Crippen molar-refractivity contribution in [3.05, 3.63) is 101 Å². The highest BCUT2D eigenvalue weighted by molar-refractivity contribution is 6.44. The highest BCUT2D eigenvalue weighted by Gasteiger charge is 2.29. The number of amides is 1. The van der Waals surface area contributed by atoms with E-state index in [9.17, 15) is 14.4 Å². The zero-order valence-corrected chi connectivity index (χ0v) is 18.5. The Bertz CT molecular complexity index is 1380. The predicted octanol–water partition coefficient (Wildman–Crippen LogP) is 2.96. The average molecular weight is 457 g/mol. The fourth-order valence-electron chi connectivity index (χ4n) is 4.04. The van der Waals surface area contributed by atoms with Crippen molar-refractivity contribution in [3.63, 3.8) is 0 Å². The molecule has 34 heavy (non-hydrogen) atoms. The number of ketones is 1. The van der Waals surface area contributed by atoms with Gasteiger partial charge in [-0.1, -0.05) is 60.7 Å². The molecule has 0 saturated heterocycles. The largest absolute Gasteiger partial charge is 0.479 e. The summed E-state index contributed by atoms with van der Waals surface area (Å²) in [6.45, 7) is 1.09. The lowest BCUT2D eigenvalue weighted by Gasteiger charge is -2.10. The van der Waals surface area contributed by atoms with Crippen LogP contribution in [0, 0.1) is 6.92 Å². The summed E-state index contributed by atoms with van der Waals surface area (Å²) < 4.78 is 7.23. The first-order valence-electron chi connectivity index (χ1n) is 10.6. The maximum atomic E-state index is 13.1. The summed E-state index contributed by atoms with van der Waals surface area (Å²) in [6, 6.07) is 19.2. The number of ether oxygens (including phenoxy) is 1. The van der Waals surface area contributed by atoms with Crippen LogP contribution in [0.3, 0.4) is 0 Å². The van der Waals surface area contributed by atoms with Crippen LogP contribution in [-0.2, 0) is 22.4 Å². The third kappa shape index (κ3) is 4.66. The predicted molar refractivity (Wildman–Crippen MR) is 125 cm³/mol. The molecule has 0 atom stereocenters. The molecule has 0 radical (unpaired) electrons. The van der Waals surface area contributed by atoms with Gasteiger partial charge in [-0.05, 0) is 23.6 Å². The van der Waals surface area contributed by atoms with Crippen LogP contribution in [0.4, 0.5) is 0 Å². The van der Waals surface area contributed by atoms with Crippen molar-refractivity contribution in [2.24, 2.45) is 5.73 Å². The van der Waals surface area contributed by atoms with Crippen LogP contribution in [-0.4, -0.2) is 38.8 Å². The molecule has 0 bridgehead atoms. The highest BCUT2D eigenvalue weighted by Crippen LogP contribution is 2.33. The van der Waals surface area contributed by atoms with E-state index in [1.807, 2.05) is 60.7 Å². The maximum absolute atomic E-state index is 13.1. The minimum atomic E-state index is -1.19. The number of hydrogen-bond donors (Lipinski definition) is 2. The third-order valence-corrected chi connectivity index (χ3v) is 5.44. The number of rotatable bonds is 9. The number of nitrogens with two attached hydrogens (primary N) is 1. The second-order valence-corrected chi connectivity index (χ2v) is 7.91. The van der Waals surface area contributed by atoms with Crippen LogP contribution >= 0.6 is 0 Å². The molecule has 0 spiro atoms. The summed E-state index contributed by atoms with van der Waals surface area (Å²) in [5.74, 6) is -3.23. The Balaban J connectivity index is 2.04. The maximum Gasteiger partial charge on any atom is 0.341 e. The van der Waals surface area contributed by atoms with E-state index in [-0.39, 0.29) is 17.0 Å². The van der Waals surface area contributed by atoms with Gasteiger partial charge >= 0.3 is 5.97 Å². The lowest BCUT2D eigenvalue weighted by atomic mass is 9.95. The van der Waals surface area contributed by atoms with E-state index in [0.717, 1.165) is 16.8 Å². The van der Waals surface area contributed by atoms with Gasteiger partial charge in [0.25, 0.3) is 11.7 Å². The fourth-order valence-corrected chi connectivity index (χ4v) is 4.04. The summed E-state index contributed by atoms with van der Waals surface area (Å²) in [5.41, 5.74) is 9.61. The Morgan fingerprint density at radius 1 is 0.971 bits per heavy atom. The van der Waals surface area contributed by atoms with Crippen molar-refractivity contribution >= 4 is 23.2 Å². The first-order valence-corrected chi connectivity index (χ1v) is 10.6. The Kier molecular flexibility index (Phi) is 6.40. The van der Waals surface area contributed by atoms with Gasteiger partial charge in [-0.15, -0.1) is 0 Å². The molecule has 0 aliphatic heterocycles. The van der Waals surface area contributed by atoms with Gasteiger partial charge in [-0.25, -0.2) is 9.78 Å². The van der Waals surface area contributed by atoms with E-state index in [2.05, 4.69) is 4.98 Å². The zero-order chi connectivity index (χ0) is 24.2. The first-order chi connectivity index (χ1) is 16.3. The van der Waals surface area contributed by atoms with Crippen LogP contribution in [0.5, 0.6) is 5.88 Å². The molecule has 2 aromatic heterocycles. The fraction of sp³-hybridized carbons (Fsp3) is 0.154. The van der Waals surface area contributed by atoms with Crippen molar-refractivity contribution in [1.29, 1.82) is 0 Å². The minimum Gasteiger partial charge on any atom is -0.479 e. The Hall–Kier alpha value is -4.46. The number of hydrogen-bond acceptors (Lipinski definition) is 5. The Morgan fingerprint density at radius 3 is 2.12 bits per heavy atom. The van der Waals surface area contributed by atoms with Crippen LogP contribution in [0.1, 0.15) is 38.4 Å². The van der Waals surface area contributed by atoms with Crippen molar-refractivity contribution in [2.45, 2.75) is 19.8 Å². The molecule has 0 saturated carbocycles. The van der Waals surface area contributed by atoms with E-state index < -0.39 is 24.3 Å². The summed E-state index contributed by atoms with van der Waals surface area (Å²) in [6.07, 6.45) is 2.56. The molecule has 2 aromatic carbocycles. The van der Waals surface area contributed by atoms with Crippen LogP contribution in [0.2, 0.25) is 0 Å². The molecular formula is C26H23N3O5. The standard InChI is InChI=1S/C26H23N3O5/c1-16-14-29-20(13-18-10-6-3-7-11-18)19(12-17-8-4-2-5-9-17)22(24(32)25(27)33)23(29)26(28-16)34-15-21(30)31/h2-11,14H,12-13,15H2,1H3,(H2,27,33)(H,30,31). The number of aliphatic carboxylic acids is 1. The molecule has 0 aliphatic carbocycles. The molecule has 1 amide bonds. The summed E-state index contributed by atoms with van der Waals surface area (Å²) in [5, 5.41) is 9.13. The van der Waals surface area contributed by atoms with Crippen LogP contribution in [0.15, 0.2) is 66.9 Å². The first kappa shape index (κ1) is 22.7. The number of fused-ring (bicyclic) bond motifs is 1. The number of carboxylic acids is 1. The van der Waals surface area contributed by atoms with Gasteiger partial charge < -0.3 is 20.0 Å². The summed E-state index contributed by atoms with van der Waals surface area (Å²) in [7, 11) is 0. The van der Waals surface area contributed by atoms with Gasteiger partial charge in [-0.3, -0.25) is 9.59 Å². The Morgan fingerprint density at radius 2 is 1.56 bits per heavy atom. The topological polar surface area (TPSA) is 124 Å². The normalized spacial score (nSPS) is 10.9. The number of nitrogens with zero attached hydrogens (tertiary/aromatic N) is 2. The van der Waals surface area contributed by atoms with E-state index in [0.29, 0.717) is 24.1 Å². The van der Waals surface area contributed by atoms with Gasteiger partial charge in [-0.2, -0.15) is 0 Å². The molecule has 0 unspecified atom stereocenters. The van der Waals surface area contributed by atoms with Gasteiger partial charge in [0.05, 0.1) is 11.3 Å². The molecule has 0 fully saturated rings. The summed E-state index contributed by atoms with van der Waals surface area (Å²) >= 11 is 0. The number of carboxylic acid groups (broad SMARTS) is 1. The van der Waals surface area contributed by atoms with E-state index in [1.54, 1.807) is 17.5 Å². The van der Waals surface area contributed by atoms with E-state index in [4.69, 9.17) is 15.6 Å². The van der Waals surface area contributed by atoms with Crippen molar-refractivity contribution < 1.29 is 24.2 Å². The number of aryl methyl sites for hydroxylation is 1. The molecule has 8 heteroatoms. The molecule has 8 nitrogen and oxygen atoms in total. The minimum absolute atomic E-state index is 0.0411.